The predicted molar refractivity (Wildman–Crippen MR) is 104 cm³/mol. The number of aliphatic hydroxyl groups excluding tert-OH is 1. The van der Waals surface area contributed by atoms with Crippen molar-refractivity contribution in [2.24, 2.45) is 5.41 Å². The average molecular weight is 383 g/mol. The molecule has 2 atom stereocenters. The van der Waals surface area contributed by atoms with E-state index in [2.05, 4.69) is 17.1 Å². The highest BCUT2D eigenvalue weighted by Crippen LogP contribution is 2.38. The molecule has 2 aliphatic rings. The first-order valence-corrected chi connectivity index (χ1v) is 10.1. The molecule has 0 saturated carbocycles. The van der Waals surface area contributed by atoms with E-state index in [1.54, 1.807) is 7.11 Å². The normalized spacial score (nSPS) is 26.8. The molecule has 0 aliphatic carbocycles. The van der Waals surface area contributed by atoms with Gasteiger partial charge in [0.25, 0.3) is 0 Å². The highest BCUT2D eigenvalue weighted by Gasteiger charge is 2.43. The van der Waals surface area contributed by atoms with Crippen molar-refractivity contribution < 1.29 is 14.6 Å². The van der Waals surface area contributed by atoms with Gasteiger partial charge in [-0.1, -0.05) is 18.5 Å². The van der Waals surface area contributed by atoms with E-state index in [1.807, 2.05) is 12.1 Å². The van der Waals surface area contributed by atoms with Crippen molar-refractivity contribution in [3.8, 4) is 11.5 Å². The van der Waals surface area contributed by atoms with E-state index in [0.29, 0.717) is 17.4 Å². The topological polar surface area (TPSA) is 54.0 Å². The molecule has 0 amide bonds. The van der Waals surface area contributed by atoms with E-state index in [-0.39, 0.29) is 11.5 Å². The smallest absolute Gasteiger partial charge is 0.162 e. The Morgan fingerprint density at radius 3 is 2.96 bits per heavy atom. The largest absolute Gasteiger partial charge is 0.493 e. The Morgan fingerprint density at radius 1 is 1.38 bits per heavy atom. The van der Waals surface area contributed by atoms with Crippen molar-refractivity contribution >= 4 is 11.6 Å². The van der Waals surface area contributed by atoms with Gasteiger partial charge in [0, 0.05) is 36.1 Å². The number of benzene rings is 1. The molecule has 0 unspecified atom stereocenters. The zero-order valence-electron chi connectivity index (χ0n) is 15.9. The molecule has 0 bridgehead atoms. The molecular formula is C20H31ClN2O3. The fourth-order valence-corrected chi connectivity index (χ4v) is 4.45. The highest BCUT2D eigenvalue weighted by molar-refractivity contribution is 6.31. The van der Waals surface area contributed by atoms with Crippen LogP contribution in [0.5, 0.6) is 11.5 Å². The second kappa shape index (κ2) is 8.79. The van der Waals surface area contributed by atoms with Crippen LogP contribution in [-0.2, 0) is 6.54 Å². The van der Waals surface area contributed by atoms with E-state index in [0.717, 1.165) is 69.7 Å². The van der Waals surface area contributed by atoms with Crippen molar-refractivity contribution in [2.75, 3.05) is 39.9 Å². The lowest BCUT2D eigenvalue weighted by Crippen LogP contribution is -2.57. The molecule has 2 N–H and O–H groups in total. The number of methoxy groups -OCH3 is 1. The van der Waals surface area contributed by atoms with Crippen LogP contribution in [0.1, 0.15) is 38.2 Å². The van der Waals surface area contributed by atoms with E-state index < -0.39 is 0 Å². The minimum atomic E-state index is -0.221. The lowest BCUT2D eigenvalue weighted by molar-refractivity contribution is -0.0514. The first-order chi connectivity index (χ1) is 12.6. The summed E-state index contributed by atoms with van der Waals surface area (Å²) in [7, 11) is 1.66. The maximum atomic E-state index is 10.6. The lowest BCUT2D eigenvalue weighted by atomic mass is 9.72. The minimum absolute atomic E-state index is 0.0305. The van der Waals surface area contributed by atoms with Crippen molar-refractivity contribution in [1.82, 2.24) is 10.2 Å². The predicted octanol–water partition coefficient (Wildman–Crippen LogP) is 3.07. The third-order valence-corrected chi connectivity index (χ3v) is 6.01. The van der Waals surface area contributed by atoms with Crippen LogP contribution in [0.2, 0.25) is 5.02 Å². The molecule has 1 aromatic rings. The number of likely N-dealkylation sites (tertiary alicyclic amines) is 1. The van der Waals surface area contributed by atoms with Crippen LogP contribution < -0.4 is 14.8 Å². The molecule has 2 heterocycles. The molecular weight excluding hydrogens is 352 g/mol. The molecule has 146 valence electrons. The standard InChI is InChI=1S/C20H31ClN2O3/c1-3-9-26-18-11-16(21)15(10-17(18)25-2)12-23-8-4-6-20(14-23)13-22-7-5-19(20)24/h10-11,19,22,24H,3-9,12-14H2,1-2H3/t19-,20-/m0/s1. The van der Waals surface area contributed by atoms with Crippen molar-refractivity contribution in [3.05, 3.63) is 22.7 Å². The Balaban J connectivity index is 1.73. The van der Waals surface area contributed by atoms with Gasteiger partial charge >= 0.3 is 0 Å². The van der Waals surface area contributed by atoms with Gasteiger partial charge in [0.05, 0.1) is 19.8 Å². The summed E-state index contributed by atoms with van der Waals surface area (Å²) in [6.07, 6.45) is 3.74. The minimum Gasteiger partial charge on any atom is -0.493 e. The van der Waals surface area contributed by atoms with Crippen molar-refractivity contribution in [3.63, 3.8) is 0 Å². The number of aliphatic hydroxyl groups is 1. The van der Waals surface area contributed by atoms with Crippen LogP contribution in [0.25, 0.3) is 0 Å². The van der Waals surface area contributed by atoms with Crippen molar-refractivity contribution in [2.45, 2.75) is 45.3 Å². The number of nitrogens with zero attached hydrogens (tertiary/aromatic N) is 1. The molecule has 0 radical (unpaired) electrons. The van der Waals surface area contributed by atoms with Gasteiger partial charge < -0.3 is 19.9 Å². The molecule has 1 aromatic carbocycles. The Morgan fingerprint density at radius 2 is 2.23 bits per heavy atom. The summed E-state index contributed by atoms with van der Waals surface area (Å²) in [5.41, 5.74) is 1.01. The number of rotatable bonds is 6. The summed E-state index contributed by atoms with van der Waals surface area (Å²) in [5.74, 6) is 1.43. The maximum Gasteiger partial charge on any atom is 0.162 e. The van der Waals surface area contributed by atoms with Crippen LogP contribution in [0.15, 0.2) is 12.1 Å². The fraction of sp³-hybridized carbons (Fsp3) is 0.700. The van der Waals surface area contributed by atoms with E-state index in [9.17, 15) is 5.11 Å². The number of halogens is 1. The molecule has 26 heavy (non-hydrogen) atoms. The zero-order valence-corrected chi connectivity index (χ0v) is 16.6. The Labute approximate surface area is 161 Å². The molecule has 2 fully saturated rings. The van der Waals surface area contributed by atoms with Gasteiger partial charge in [0.15, 0.2) is 11.5 Å². The monoisotopic (exact) mass is 382 g/mol. The number of piperidine rings is 2. The van der Waals surface area contributed by atoms with E-state index in [1.165, 1.54) is 0 Å². The Kier molecular flexibility index (Phi) is 6.67. The number of hydrogen-bond acceptors (Lipinski definition) is 5. The summed E-state index contributed by atoms with van der Waals surface area (Å²) >= 11 is 6.54. The fourth-order valence-electron chi connectivity index (χ4n) is 4.23. The van der Waals surface area contributed by atoms with E-state index >= 15 is 0 Å². The third-order valence-electron chi connectivity index (χ3n) is 5.65. The Hall–Kier alpha value is -1.01. The van der Waals surface area contributed by atoms with Crippen LogP contribution >= 0.6 is 11.6 Å². The van der Waals surface area contributed by atoms with Gasteiger partial charge in [-0.15, -0.1) is 0 Å². The zero-order chi connectivity index (χ0) is 18.6. The van der Waals surface area contributed by atoms with Crippen molar-refractivity contribution in [1.29, 1.82) is 0 Å². The molecule has 0 aromatic heterocycles. The van der Waals surface area contributed by atoms with Gasteiger partial charge in [0.1, 0.15) is 0 Å². The van der Waals surface area contributed by atoms with Gasteiger partial charge in [-0.25, -0.2) is 0 Å². The summed E-state index contributed by atoms with van der Waals surface area (Å²) in [5, 5.41) is 14.8. The number of nitrogens with one attached hydrogen (secondary N) is 1. The van der Waals surface area contributed by atoms with Crippen LogP contribution in [0.4, 0.5) is 0 Å². The first-order valence-electron chi connectivity index (χ1n) is 9.68. The molecule has 2 saturated heterocycles. The van der Waals surface area contributed by atoms with Gasteiger partial charge in [-0.2, -0.15) is 0 Å². The van der Waals surface area contributed by atoms with Gasteiger partial charge in [0.2, 0.25) is 0 Å². The van der Waals surface area contributed by atoms with Gasteiger partial charge in [-0.05, 0) is 50.4 Å². The van der Waals surface area contributed by atoms with Gasteiger partial charge in [-0.3, -0.25) is 4.90 Å². The number of ether oxygens (including phenoxy) is 2. The SMILES string of the molecule is CCCOc1cc(Cl)c(CN2CCC[C@]3(CNCC[C@@H]3O)C2)cc1OC. The first kappa shape index (κ1) is 19.7. The summed E-state index contributed by atoms with van der Waals surface area (Å²) in [6.45, 7) is 7.21. The quantitative estimate of drug-likeness (QED) is 0.791. The molecule has 6 heteroatoms. The maximum absolute atomic E-state index is 10.6. The molecule has 5 nitrogen and oxygen atoms in total. The molecule has 2 aliphatic heterocycles. The highest BCUT2D eigenvalue weighted by atomic mass is 35.5. The Bertz CT molecular complexity index is 609. The van der Waals surface area contributed by atoms with Crippen LogP contribution in [0, 0.1) is 5.41 Å². The average Bonchev–Trinajstić information content (AvgIpc) is 2.64. The third kappa shape index (κ3) is 4.28. The summed E-state index contributed by atoms with van der Waals surface area (Å²) in [6, 6.07) is 3.85. The summed E-state index contributed by atoms with van der Waals surface area (Å²) in [4.78, 5) is 2.41. The second-order valence-corrected chi connectivity index (χ2v) is 8.01. The van der Waals surface area contributed by atoms with E-state index in [4.69, 9.17) is 21.1 Å². The second-order valence-electron chi connectivity index (χ2n) is 7.60. The molecule has 3 rings (SSSR count). The van der Waals surface area contributed by atoms with Crippen LogP contribution in [0.3, 0.4) is 0 Å². The van der Waals surface area contributed by atoms with Crippen LogP contribution in [-0.4, -0.2) is 56.0 Å². The molecule has 1 spiro atoms. The number of hydrogen-bond donors (Lipinski definition) is 2. The summed E-state index contributed by atoms with van der Waals surface area (Å²) < 4.78 is 11.2. The lowest BCUT2D eigenvalue weighted by Gasteiger charge is -2.48.